The van der Waals surface area contributed by atoms with Gasteiger partial charge in [-0.1, -0.05) is 5.10 Å². The monoisotopic (exact) mass is 296 g/mol. The molecule has 1 aliphatic heterocycles. The lowest BCUT2D eigenvalue weighted by Gasteiger charge is -2.15. The van der Waals surface area contributed by atoms with Gasteiger partial charge < -0.3 is 9.32 Å². The smallest absolute Gasteiger partial charge is 0.239 e. The van der Waals surface area contributed by atoms with E-state index >= 15 is 0 Å². The molecule has 1 unspecified atom stereocenters. The zero-order valence-corrected chi connectivity index (χ0v) is 13.4. The second-order valence-corrected chi connectivity index (χ2v) is 6.56. The van der Waals surface area contributed by atoms with E-state index in [-0.39, 0.29) is 0 Å². The summed E-state index contributed by atoms with van der Waals surface area (Å²) in [7, 11) is 6.09. The molecular formula is C13H22N5OS+. The number of hydrogen-bond donors (Lipinski definition) is 0. The Bertz CT molecular complexity index is 497. The third-order valence-electron chi connectivity index (χ3n) is 3.06. The van der Waals surface area contributed by atoms with Crippen molar-refractivity contribution in [3.05, 3.63) is 23.2 Å². The Labute approximate surface area is 124 Å². The van der Waals surface area contributed by atoms with E-state index in [4.69, 9.17) is 4.42 Å². The van der Waals surface area contributed by atoms with Gasteiger partial charge in [0.1, 0.15) is 25.1 Å². The van der Waals surface area contributed by atoms with E-state index in [2.05, 4.69) is 33.4 Å². The van der Waals surface area contributed by atoms with Crippen LogP contribution in [0.15, 0.2) is 26.0 Å². The minimum absolute atomic E-state index is 0.441. The maximum absolute atomic E-state index is 5.89. The summed E-state index contributed by atoms with van der Waals surface area (Å²) < 4.78 is 6.33. The van der Waals surface area contributed by atoms with Crippen LogP contribution in [0.3, 0.4) is 0 Å². The standard InChI is InChI=1S/C13H22N5OS/c1-11-7-12(19-13(11)8-17(2)3)9-20-6-5-18(4)10-14-15-16-18/h7,10H,5-6,8-9H2,1-4H3/q+1. The molecule has 20 heavy (non-hydrogen) atoms. The molecule has 2 rings (SSSR count). The van der Waals surface area contributed by atoms with Crippen LogP contribution in [0.4, 0.5) is 0 Å². The fourth-order valence-corrected chi connectivity index (χ4v) is 2.89. The zero-order valence-electron chi connectivity index (χ0n) is 12.5. The van der Waals surface area contributed by atoms with Crippen LogP contribution in [0.5, 0.6) is 0 Å². The molecule has 1 aromatic heterocycles. The highest BCUT2D eigenvalue weighted by molar-refractivity contribution is 7.98. The minimum atomic E-state index is 0.441. The molecule has 0 N–H and O–H groups in total. The topological polar surface area (TPSA) is 53.5 Å². The van der Waals surface area contributed by atoms with Crippen LogP contribution in [-0.4, -0.2) is 49.3 Å². The Morgan fingerprint density at radius 1 is 1.40 bits per heavy atom. The molecule has 0 aromatic carbocycles. The highest BCUT2D eigenvalue weighted by Gasteiger charge is 2.23. The SMILES string of the molecule is Cc1cc(CSCC[N+]2(C)C=NN=N2)oc1CN(C)C. The van der Waals surface area contributed by atoms with E-state index in [1.165, 1.54) is 5.56 Å². The second-order valence-electron chi connectivity index (χ2n) is 5.46. The fourth-order valence-electron chi connectivity index (χ4n) is 1.90. The average Bonchev–Trinajstić information content (AvgIpc) is 2.93. The first-order chi connectivity index (χ1) is 9.48. The third-order valence-corrected chi connectivity index (χ3v) is 4.02. The first-order valence-electron chi connectivity index (χ1n) is 6.61. The van der Waals surface area contributed by atoms with E-state index in [9.17, 15) is 0 Å². The summed E-state index contributed by atoms with van der Waals surface area (Å²) in [6.07, 6.45) is 1.76. The Morgan fingerprint density at radius 3 is 2.85 bits per heavy atom. The van der Waals surface area contributed by atoms with Crippen molar-refractivity contribution in [1.29, 1.82) is 0 Å². The van der Waals surface area contributed by atoms with Crippen LogP contribution in [0, 0.1) is 6.92 Å². The lowest BCUT2D eigenvalue weighted by atomic mass is 10.2. The molecule has 0 radical (unpaired) electrons. The lowest BCUT2D eigenvalue weighted by molar-refractivity contribution is -0.819. The normalized spacial score (nSPS) is 21.2. The van der Waals surface area contributed by atoms with Gasteiger partial charge >= 0.3 is 0 Å². The first kappa shape index (κ1) is 15.2. The minimum Gasteiger partial charge on any atom is -0.464 e. The van der Waals surface area contributed by atoms with Gasteiger partial charge in [0.2, 0.25) is 6.34 Å². The van der Waals surface area contributed by atoms with Crippen LogP contribution in [0.2, 0.25) is 0 Å². The van der Waals surface area contributed by atoms with Crippen molar-refractivity contribution in [1.82, 2.24) is 4.90 Å². The van der Waals surface area contributed by atoms with Crippen molar-refractivity contribution in [3.8, 4) is 0 Å². The summed E-state index contributed by atoms with van der Waals surface area (Å²) >= 11 is 1.85. The number of thioether (sulfide) groups is 1. The van der Waals surface area contributed by atoms with Gasteiger partial charge in [0.15, 0.2) is 0 Å². The number of hydrogen-bond acceptors (Lipinski definition) is 6. The van der Waals surface area contributed by atoms with Crippen molar-refractivity contribution < 1.29 is 9.01 Å². The van der Waals surface area contributed by atoms with E-state index in [0.29, 0.717) is 4.59 Å². The summed E-state index contributed by atoms with van der Waals surface area (Å²) in [5, 5.41) is 11.5. The Kier molecular flexibility index (Phi) is 4.95. The van der Waals surface area contributed by atoms with Gasteiger partial charge in [0, 0.05) is 11.0 Å². The summed E-state index contributed by atoms with van der Waals surface area (Å²) in [5.41, 5.74) is 1.23. The summed E-state index contributed by atoms with van der Waals surface area (Å²) in [6, 6.07) is 2.14. The molecule has 1 atom stereocenters. The van der Waals surface area contributed by atoms with Gasteiger partial charge in [0.05, 0.1) is 17.5 Å². The van der Waals surface area contributed by atoms with Crippen LogP contribution < -0.4 is 0 Å². The molecule has 0 saturated carbocycles. The van der Waals surface area contributed by atoms with Crippen molar-refractivity contribution in [3.63, 3.8) is 0 Å². The molecule has 0 aliphatic carbocycles. The van der Waals surface area contributed by atoms with Gasteiger partial charge in [-0.15, -0.1) is 16.4 Å². The summed E-state index contributed by atoms with van der Waals surface area (Å²) in [5.74, 6) is 3.99. The van der Waals surface area contributed by atoms with Crippen LogP contribution in [0.25, 0.3) is 0 Å². The molecule has 6 nitrogen and oxygen atoms in total. The molecule has 0 saturated heterocycles. The molecule has 110 valence electrons. The molecule has 0 bridgehead atoms. The number of aryl methyl sites for hydroxylation is 1. The average molecular weight is 296 g/mol. The highest BCUT2D eigenvalue weighted by atomic mass is 32.2. The van der Waals surface area contributed by atoms with Gasteiger partial charge in [-0.25, -0.2) is 0 Å². The maximum atomic E-state index is 5.89. The molecule has 2 heterocycles. The first-order valence-corrected chi connectivity index (χ1v) is 7.77. The van der Waals surface area contributed by atoms with Gasteiger partial charge in [-0.05, 0) is 32.6 Å². The molecule has 1 aromatic rings. The predicted molar refractivity (Wildman–Crippen MR) is 81.4 cm³/mol. The Balaban J connectivity index is 1.77. The van der Waals surface area contributed by atoms with Gasteiger partial charge in [-0.3, -0.25) is 0 Å². The van der Waals surface area contributed by atoms with Crippen LogP contribution >= 0.6 is 11.8 Å². The number of furan rings is 1. The van der Waals surface area contributed by atoms with Crippen LogP contribution in [0.1, 0.15) is 17.1 Å². The van der Waals surface area contributed by atoms with Crippen molar-refractivity contribution in [2.45, 2.75) is 19.2 Å². The van der Waals surface area contributed by atoms with E-state index in [0.717, 1.165) is 36.1 Å². The molecule has 0 amide bonds. The van der Waals surface area contributed by atoms with E-state index < -0.39 is 0 Å². The summed E-state index contributed by atoms with van der Waals surface area (Å²) in [4.78, 5) is 2.12. The molecule has 7 heteroatoms. The molecule has 0 spiro atoms. The lowest BCUT2D eigenvalue weighted by Crippen LogP contribution is -2.36. The van der Waals surface area contributed by atoms with Crippen molar-refractivity contribution in [2.75, 3.05) is 33.4 Å². The van der Waals surface area contributed by atoms with Crippen molar-refractivity contribution >= 4 is 18.1 Å². The molecule has 0 fully saturated rings. The number of rotatable bonds is 7. The number of quaternary nitrogens is 1. The Morgan fingerprint density at radius 2 is 2.20 bits per heavy atom. The quantitative estimate of drug-likeness (QED) is 0.574. The molecule has 1 aliphatic rings. The van der Waals surface area contributed by atoms with Gasteiger partial charge in [0.25, 0.3) is 0 Å². The zero-order chi connectivity index (χ0) is 14.6. The third kappa shape index (κ3) is 4.16. The fraction of sp³-hybridized carbons (Fsp3) is 0.615. The predicted octanol–water partition coefficient (Wildman–Crippen LogP) is 2.65. The van der Waals surface area contributed by atoms with E-state index in [1.807, 2.05) is 32.9 Å². The van der Waals surface area contributed by atoms with E-state index in [1.54, 1.807) is 6.34 Å². The highest BCUT2D eigenvalue weighted by Crippen LogP contribution is 2.21. The summed E-state index contributed by atoms with van der Waals surface area (Å²) in [6.45, 7) is 3.84. The van der Waals surface area contributed by atoms with Crippen LogP contribution in [-0.2, 0) is 12.3 Å². The molecular weight excluding hydrogens is 274 g/mol. The number of nitrogens with zero attached hydrogens (tertiary/aromatic N) is 5. The van der Waals surface area contributed by atoms with Crippen molar-refractivity contribution in [2.24, 2.45) is 15.5 Å². The Hall–Kier alpha value is -1.18. The maximum Gasteiger partial charge on any atom is 0.239 e. The second kappa shape index (κ2) is 6.51. The van der Waals surface area contributed by atoms with Gasteiger partial charge in [-0.2, -0.15) is 0 Å². The largest absolute Gasteiger partial charge is 0.464 e.